The number of aromatic hydroxyl groups is 1. The van der Waals surface area contributed by atoms with Crippen molar-refractivity contribution in [2.45, 2.75) is 78.6 Å². The maximum Gasteiger partial charge on any atom is 0.149 e. The van der Waals surface area contributed by atoms with Crippen molar-refractivity contribution in [2.75, 3.05) is 0 Å². The molecule has 0 bridgehead atoms. The van der Waals surface area contributed by atoms with Crippen LogP contribution in [0.1, 0.15) is 79.0 Å². The molecule has 0 unspecified atom stereocenters. The Kier molecular flexibility index (Phi) is 10.7. The Balaban J connectivity index is 1.36. The van der Waals surface area contributed by atoms with E-state index in [1.54, 1.807) is 0 Å². The molecule has 0 radical (unpaired) electrons. The Morgan fingerprint density at radius 3 is 1.56 bits per heavy atom. The average molecular weight is 836 g/mol. The summed E-state index contributed by atoms with van der Waals surface area (Å²) >= 11 is 0. The second kappa shape index (κ2) is 16.3. The lowest BCUT2D eigenvalue weighted by atomic mass is 9.79. The highest BCUT2D eigenvalue weighted by Crippen LogP contribution is 2.45. The van der Waals surface area contributed by atoms with Gasteiger partial charge in [-0.3, -0.25) is 9.55 Å². The van der Waals surface area contributed by atoms with E-state index < -0.39 is 0 Å². The van der Waals surface area contributed by atoms with Crippen LogP contribution in [0.3, 0.4) is 0 Å². The molecule has 2 heterocycles. The molecule has 4 heteroatoms. The first-order valence-electron chi connectivity index (χ1n) is 22.4. The first-order valence-corrected chi connectivity index (χ1v) is 22.4. The van der Waals surface area contributed by atoms with E-state index in [-0.39, 0.29) is 22.0 Å². The third-order valence-electron chi connectivity index (χ3n) is 12.4. The number of hydrogen-bond acceptors (Lipinski definition) is 3. The lowest BCUT2D eigenvalue weighted by Crippen LogP contribution is -2.17. The van der Waals surface area contributed by atoms with Gasteiger partial charge < -0.3 is 5.11 Å². The number of benzene rings is 7. The van der Waals surface area contributed by atoms with Gasteiger partial charge in [-0.15, -0.1) is 0 Å². The minimum atomic E-state index is -0.325. The molecule has 318 valence electrons. The summed E-state index contributed by atoms with van der Waals surface area (Å²) in [5.41, 5.74) is 16.8. The summed E-state index contributed by atoms with van der Waals surface area (Å²) in [5.74, 6) is 0.949. The van der Waals surface area contributed by atoms with Gasteiger partial charge in [0.15, 0.2) is 0 Å². The van der Waals surface area contributed by atoms with E-state index >= 15 is 0 Å². The van der Waals surface area contributed by atoms with Gasteiger partial charge in [0.2, 0.25) is 0 Å². The number of pyridine rings is 1. The fourth-order valence-electron chi connectivity index (χ4n) is 8.68. The molecule has 0 spiro atoms. The van der Waals surface area contributed by atoms with Crippen molar-refractivity contribution in [2.24, 2.45) is 0 Å². The zero-order valence-electron chi connectivity index (χ0n) is 38.5. The fourth-order valence-corrected chi connectivity index (χ4v) is 8.68. The van der Waals surface area contributed by atoms with Crippen molar-refractivity contribution in [1.82, 2.24) is 14.5 Å². The highest BCUT2D eigenvalue weighted by molar-refractivity contribution is 5.98. The largest absolute Gasteiger partial charge is 0.507 e. The number of rotatable bonds is 7. The van der Waals surface area contributed by atoms with E-state index in [9.17, 15) is 5.11 Å². The number of hydrogen-bond donors (Lipinski definition) is 1. The number of phenols is 1. The van der Waals surface area contributed by atoms with E-state index in [0.717, 1.165) is 83.6 Å². The van der Waals surface area contributed by atoms with Gasteiger partial charge in [-0.05, 0) is 121 Å². The second-order valence-corrected chi connectivity index (χ2v) is 20.2. The predicted octanol–water partition coefficient (Wildman–Crippen LogP) is 16.0. The molecule has 9 aromatic rings. The molecule has 0 atom stereocenters. The quantitative estimate of drug-likeness (QED) is 0.174. The van der Waals surface area contributed by atoms with Crippen LogP contribution in [0.4, 0.5) is 0 Å². The normalized spacial score (nSPS) is 12.2. The van der Waals surface area contributed by atoms with Crippen LogP contribution in [0.2, 0.25) is 0 Å². The van der Waals surface area contributed by atoms with Crippen LogP contribution in [0, 0.1) is 0 Å². The Bertz CT molecular complexity index is 3140. The summed E-state index contributed by atoms with van der Waals surface area (Å²) in [7, 11) is 0. The van der Waals surface area contributed by atoms with Crippen LogP contribution in [0.25, 0.3) is 83.9 Å². The van der Waals surface area contributed by atoms with Crippen LogP contribution in [0.5, 0.6) is 5.75 Å². The fraction of sp³-hybridized carbons (Fsp3) is 0.200. The summed E-state index contributed by atoms with van der Waals surface area (Å²) in [4.78, 5) is 10.6. The van der Waals surface area contributed by atoms with Crippen molar-refractivity contribution in [3.8, 4) is 78.6 Å². The highest BCUT2D eigenvalue weighted by atomic mass is 16.3. The molecule has 0 fully saturated rings. The first kappa shape index (κ1) is 42.3. The van der Waals surface area contributed by atoms with Gasteiger partial charge >= 0.3 is 0 Å². The van der Waals surface area contributed by atoms with Gasteiger partial charge in [-0.2, -0.15) is 0 Å². The molecule has 0 aliphatic heterocycles. The van der Waals surface area contributed by atoms with Crippen LogP contribution >= 0.6 is 0 Å². The number of para-hydroxylation sites is 1. The van der Waals surface area contributed by atoms with Crippen molar-refractivity contribution >= 4 is 11.0 Å². The molecular weight excluding hydrogens is 779 g/mol. The van der Waals surface area contributed by atoms with Crippen molar-refractivity contribution in [3.05, 3.63) is 193 Å². The third-order valence-corrected chi connectivity index (χ3v) is 12.4. The highest BCUT2D eigenvalue weighted by Gasteiger charge is 2.29. The third kappa shape index (κ3) is 8.29. The Hall–Kier alpha value is -7.04. The first-order chi connectivity index (χ1) is 30.5. The van der Waals surface area contributed by atoms with E-state index in [0.29, 0.717) is 11.4 Å². The van der Waals surface area contributed by atoms with Crippen molar-refractivity contribution in [3.63, 3.8) is 0 Å². The molecule has 0 saturated carbocycles. The summed E-state index contributed by atoms with van der Waals surface area (Å²) in [6, 6.07) is 60.4. The molecule has 1 N–H and O–H groups in total. The summed E-state index contributed by atoms with van der Waals surface area (Å²) in [6.45, 7) is 20.0. The molecular formula is C60H57N3O. The lowest BCUT2D eigenvalue weighted by molar-refractivity contribution is 0.446. The van der Waals surface area contributed by atoms with Crippen molar-refractivity contribution < 1.29 is 5.11 Å². The monoisotopic (exact) mass is 835 g/mol. The Morgan fingerprint density at radius 1 is 0.422 bits per heavy atom. The van der Waals surface area contributed by atoms with Crippen LogP contribution in [-0.2, 0) is 16.2 Å². The number of nitrogens with zero attached hydrogens (tertiary/aromatic N) is 3. The molecule has 64 heavy (non-hydrogen) atoms. The van der Waals surface area contributed by atoms with E-state index in [2.05, 4.69) is 231 Å². The zero-order chi connectivity index (χ0) is 45.0. The number of fused-ring (bicyclic) bond motifs is 1. The van der Waals surface area contributed by atoms with Gasteiger partial charge in [0.25, 0.3) is 0 Å². The van der Waals surface area contributed by atoms with Crippen molar-refractivity contribution in [1.29, 1.82) is 0 Å². The standard InChI is InChI=1S/C60H57N3O/c1-58(2,3)47-33-44(41-24-17-12-18-25-41)34-49(36-47)63-54-27-19-26-50(55(54)62-57(63)51-37-48(59(4,5)6)38-52(56(51)64)60(7,8)9)45-30-43(40-22-15-11-16-23-40)31-46(32-45)53-35-42(28-29-61-53)39-20-13-10-14-21-39/h10-38,64H,1-9H3. The van der Waals surface area contributed by atoms with E-state index in [1.165, 1.54) is 5.56 Å². The second-order valence-electron chi connectivity index (χ2n) is 20.2. The molecule has 0 amide bonds. The summed E-state index contributed by atoms with van der Waals surface area (Å²) in [5, 5.41) is 12.5. The van der Waals surface area contributed by atoms with Gasteiger partial charge in [-0.25, -0.2) is 4.98 Å². The molecule has 9 rings (SSSR count). The zero-order valence-corrected chi connectivity index (χ0v) is 38.5. The molecule has 2 aromatic heterocycles. The molecule has 0 aliphatic rings. The topological polar surface area (TPSA) is 50.9 Å². The van der Waals surface area contributed by atoms with E-state index in [1.807, 2.05) is 12.3 Å². The summed E-state index contributed by atoms with van der Waals surface area (Å²) < 4.78 is 2.28. The number of imidazole rings is 1. The average Bonchev–Trinajstić information content (AvgIpc) is 3.68. The lowest BCUT2D eigenvalue weighted by Gasteiger charge is -2.28. The molecule has 0 aliphatic carbocycles. The van der Waals surface area contributed by atoms with E-state index in [4.69, 9.17) is 9.97 Å². The van der Waals surface area contributed by atoms with Gasteiger partial charge in [0.05, 0.1) is 22.3 Å². The molecule has 4 nitrogen and oxygen atoms in total. The van der Waals surface area contributed by atoms with Crippen LogP contribution in [0.15, 0.2) is 176 Å². The Labute approximate surface area is 379 Å². The Morgan fingerprint density at radius 2 is 0.969 bits per heavy atom. The maximum atomic E-state index is 12.5. The van der Waals surface area contributed by atoms with Crippen LogP contribution in [-0.4, -0.2) is 19.6 Å². The minimum absolute atomic E-state index is 0.144. The number of aromatic nitrogens is 3. The van der Waals surface area contributed by atoms with Gasteiger partial charge in [0.1, 0.15) is 11.6 Å². The van der Waals surface area contributed by atoms with Crippen LogP contribution < -0.4 is 0 Å². The van der Waals surface area contributed by atoms with Gasteiger partial charge in [0, 0.05) is 28.6 Å². The minimum Gasteiger partial charge on any atom is -0.507 e. The summed E-state index contributed by atoms with van der Waals surface area (Å²) in [6.07, 6.45) is 1.90. The smallest absolute Gasteiger partial charge is 0.149 e. The maximum absolute atomic E-state index is 12.5. The number of phenolic OH excluding ortho intramolecular Hbond substituents is 1. The molecule has 0 saturated heterocycles. The SMILES string of the molecule is CC(C)(C)c1cc(-c2ccccc2)cc(-n2c(-c3cc(C(C)(C)C)cc(C(C)(C)C)c3O)nc3c(-c4cc(-c5ccccc5)cc(-c5cc(-c6ccccc6)ccn5)c4)cccc32)c1. The predicted molar refractivity (Wildman–Crippen MR) is 269 cm³/mol. The molecule has 7 aromatic carbocycles. The van der Waals surface area contributed by atoms with Gasteiger partial charge in [-0.1, -0.05) is 178 Å².